The number of thioether (sulfide) groups is 1. The molecular weight excluding hydrogens is 363 g/mol. The van der Waals surface area contributed by atoms with Crippen LogP contribution in [0.3, 0.4) is 0 Å². The van der Waals surface area contributed by atoms with E-state index in [-0.39, 0.29) is 17.0 Å². The smallest absolute Gasteiger partial charge is 0.233 e. The third kappa shape index (κ3) is 4.03. The maximum Gasteiger partial charge on any atom is 0.233 e. The zero-order chi connectivity index (χ0) is 18.8. The van der Waals surface area contributed by atoms with Crippen molar-refractivity contribution in [2.75, 3.05) is 0 Å². The second-order valence-electron chi connectivity index (χ2n) is 6.53. The SMILES string of the molecule is CC(Sc1nnc(-c2ccc(F)cc2)n1-c1ccccc1)C(=O)NC1CC1. The van der Waals surface area contributed by atoms with Crippen molar-refractivity contribution in [2.24, 2.45) is 0 Å². The molecule has 1 atom stereocenters. The molecule has 7 heteroatoms. The number of nitrogens with one attached hydrogen (secondary N) is 1. The van der Waals surface area contributed by atoms with E-state index in [1.165, 1.54) is 23.9 Å². The van der Waals surface area contributed by atoms with E-state index in [1.54, 1.807) is 12.1 Å². The molecule has 1 unspecified atom stereocenters. The predicted octanol–water partition coefficient (Wildman–Crippen LogP) is 3.83. The Hall–Kier alpha value is -2.67. The van der Waals surface area contributed by atoms with Crippen molar-refractivity contribution >= 4 is 17.7 Å². The first-order chi connectivity index (χ1) is 13.1. The van der Waals surface area contributed by atoms with Gasteiger partial charge in [-0.2, -0.15) is 0 Å². The van der Waals surface area contributed by atoms with Crippen molar-refractivity contribution in [3.63, 3.8) is 0 Å². The second-order valence-corrected chi connectivity index (χ2v) is 7.83. The van der Waals surface area contributed by atoms with E-state index in [2.05, 4.69) is 15.5 Å². The third-order valence-electron chi connectivity index (χ3n) is 4.33. The average Bonchev–Trinajstić information content (AvgIpc) is 3.40. The molecule has 4 rings (SSSR count). The van der Waals surface area contributed by atoms with Crippen LogP contribution in [0.2, 0.25) is 0 Å². The van der Waals surface area contributed by atoms with Gasteiger partial charge in [0.2, 0.25) is 5.91 Å². The monoisotopic (exact) mass is 382 g/mol. The Morgan fingerprint density at radius 2 is 1.85 bits per heavy atom. The lowest BCUT2D eigenvalue weighted by Gasteiger charge is -2.13. The Kier molecular flexibility index (Phi) is 4.94. The summed E-state index contributed by atoms with van der Waals surface area (Å²) >= 11 is 1.36. The zero-order valence-corrected chi connectivity index (χ0v) is 15.6. The van der Waals surface area contributed by atoms with E-state index in [0.29, 0.717) is 17.0 Å². The Labute approximate surface area is 161 Å². The van der Waals surface area contributed by atoms with Crippen molar-refractivity contribution in [1.29, 1.82) is 0 Å². The summed E-state index contributed by atoms with van der Waals surface area (Å²) in [5.41, 5.74) is 1.65. The average molecular weight is 382 g/mol. The standard InChI is InChI=1S/C20H19FN4OS/c1-13(19(26)22-16-11-12-16)27-20-24-23-18(14-7-9-15(21)10-8-14)25(20)17-5-3-2-4-6-17/h2-10,13,16H,11-12H2,1H3,(H,22,26). The number of halogens is 1. The molecule has 1 aromatic heterocycles. The number of hydrogen-bond acceptors (Lipinski definition) is 4. The van der Waals surface area contributed by atoms with Gasteiger partial charge in [-0.15, -0.1) is 10.2 Å². The molecule has 1 amide bonds. The van der Waals surface area contributed by atoms with Crippen molar-refractivity contribution in [2.45, 2.75) is 36.2 Å². The van der Waals surface area contributed by atoms with Gasteiger partial charge in [0.05, 0.1) is 5.25 Å². The van der Waals surface area contributed by atoms with E-state index in [0.717, 1.165) is 24.1 Å². The lowest BCUT2D eigenvalue weighted by molar-refractivity contribution is -0.120. The predicted molar refractivity (Wildman–Crippen MR) is 103 cm³/mol. The highest BCUT2D eigenvalue weighted by Gasteiger charge is 2.27. The molecule has 0 saturated heterocycles. The van der Waals surface area contributed by atoms with Crippen LogP contribution in [0, 0.1) is 5.82 Å². The van der Waals surface area contributed by atoms with Gasteiger partial charge >= 0.3 is 0 Å². The summed E-state index contributed by atoms with van der Waals surface area (Å²) < 4.78 is 15.2. The molecule has 0 spiro atoms. The van der Waals surface area contributed by atoms with E-state index in [1.807, 2.05) is 41.8 Å². The number of aromatic nitrogens is 3. The molecule has 0 bridgehead atoms. The fourth-order valence-corrected chi connectivity index (χ4v) is 3.58. The van der Waals surface area contributed by atoms with Crippen LogP contribution < -0.4 is 5.32 Å². The van der Waals surface area contributed by atoms with Gasteiger partial charge in [-0.3, -0.25) is 9.36 Å². The van der Waals surface area contributed by atoms with Crippen molar-refractivity contribution < 1.29 is 9.18 Å². The fraction of sp³-hybridized carbons (Fsp3) is 0.250. The largest absolute Gasteiger partial charge is 0.352 e. The normalized spacial score (nSPS) is 14.7. The van der Waals surface area contributed by atoms with Gasteiger partial charge in [-0.1, -0.05) is 30.0 Å². The van der Waals surface area contributed by atoms with E-state index < -0.39 is 0 Å². The third-order valence-corrected chi connectivity index (χ3v) is 5.37. The second kappa shape index (κ2) is 7.52. The summed E-state index contributed by atoms with van der Waals surface area (Å²) in [7, 11) is 0. The summed E-state index contributed by atoms with van der Waals surface area (Å²) in [6.07, 6.45) is 2.11. The molecule has 1 aliphatic carbocycles. The molecule has 0 radical (unpaired) electrons. The van der Waals surface area contributed by atoms with Crippen molar-refractivity contribution in [3.05, 3.63) is 60.4 Å². The first kappa shape index (κ1) is 17.7. The first-order valence-corrected chi connectivity index (χ1v) is 9.73. The number of amides is 1. The van der Waals surface area contributed by atoms with Gasteiger partial charge < -0.3 is 5.32 Å². The lowest BCUT2D eigenvalue weighted by atomic mass is 10.2. The molecule has 3 aromatic rings. The number of rotatable bonds is 6. The van der Waals surface area contributed by atoms with Crippen LogP contribution in [0.5, 0.6) is 0 Å². The van der Waals surface area contributed by atoms with Crippen LogP contribution in [0.1, 0.15) is 19.8 Å². The van der Waals surface area contributed by atoms with Gasteiger partial charge in [0.25, 0.3) is 0 Å². The van der Waals surface area contributed by atoms with Gasteiger partial charge in [0.1, 0.15) is 5.82 Å². The van der Waals surface area contributed by atoms with Crippen molar-refractivity contribution in [3.8, 4) is 17.1 Å². The van der Waals surface area contributed by atoms with Gasteiger partial charge in [0, 0.05) is 17.3 Å². The van der Waals surface area contributed by atoms with Crippen LogP contribution in [-0.2, 0) is 4.79 Å². The van der Waals surface area contributed by atoms with Crippen LogP contribution in [0.25, 0.3) is 17.1 Å². The number of benzene rings is 2. The molecule has 138 valence electrons. The highest BCUT2D eigenvalue weighted by Crippen LogP contribution is 2.30. The van der Waals surface area contributed by atoms with E-state index in [9.17, 15) is 9.18 Å². The van der Waals surface area contributed by atoms with Crippen LogP contribution >= 0.6 is 11.8 Å². The van der Waals surface area contributed by atoms with Crippen LogP contribution in [-0.4, -0.2) is 32.0 Å². The summed E-state index contributed by atoms with van der Waals surface area (Å²) in [4.78, 5) is 12.3. The lowest BCUT2D eigenvalue weighted by Crippen LogP contribution is -2.32. The molecule has 27 heavy (non-hydrogen) atoms. The number of hydrogen-bond donors (Lipinski definition) is 1. The fourth-order valence-electron chi connectivity index (χ4n) is 2.70. The number of para-hydroxylation sites is 1. The van der Waals surface area contributed by atoms with E-state index in [4.69, 9.17) is 0 Å². The van der Waals surface area contributed by atoms with E-state index >= 15 is 0 Å². The zero-order valence-electron chi connectivity index (χ0n) is 14.8. The Morgan fingerprint density at radius 1 is 1.15 bits per heavy atom. The minimum atomic E-state index is -0.301. The number of nitrogens with zero attached hydrogens (tertiary/aromatic N) is 3. The minimum absolute atomic E-state index is 0.00782. The maximum atomic E-state index is 13.3. The van der Waals surface area contributed by atoms with Gasteiger partial charge in [0.15, 0.2) is 11.0 Å². The number of carbonyl (C=O) groups excluding carboxylic acids is 1. The topological polar surface area (TPSA) is 59.8 Å². The summed E-state index contributed by atoms with van der Waals surface area (Å²) in [5, 5.41) is 12.0. The highest BCUT2D eigenvalue weighted by atomic mass is 32.2. The summed E-state index contributed by atoms with van der Waals surface area (Å²) in [5.74, 6) is 0.316. The first-order valence-electron chi connectivity index (χ1n) is 8.85. The molecule has 0 aliphatic heterocycles. The Bertz CT molecular complexity index is 938. The molecule has 1 saturated carbocycles. The highest BCUT2D eigenvalue weighted by molar-refractivity contribution is 8.00. The molecular formula is C20H19FN4OS. The quantitative estimate of drug-likeness (QED) is 0.658. The maximum absolute atomic E-state index is 13.3. The van der Waals surface area contributed by atoms with Crippen LogP contribution in [0.4, 0.5) is 4.39 Å². The molecule has 1 heterocycles. The number of carbonyl (C=O) groups is 1. The Balaban J connectivity index is 1.68. The molecule has 1 aliphatic rings. The summed E-state index contributed by atoms with van der Waals surface area (Å²) in [6.45, 7) is 1.87. The van der Waals surface area contributed by atoms with Crippen LogP contribution in [0.15, 0.2) is 59.8 Å². The Morgan fingerprint density at radius 3 is 2.52 bits per heavy atom. The summed E-state index contributed by atoms with van der Waals surface area (Å²) in [6, 6.07) is 16.2. The molecule has 2 aromatic carbocycles. The molecule has 1 fully saturated rings. The van der Waals surface area contributed by atoms with Gasteiger partial charge in [-0.25, -0.2) is 4.39 Å². The molecule has 5 nitrogen and oxygen atoms in total. The van der Waals surface area contributed by atoms with Crippen molar-refractivity contribution in [1.82, 2.24) is 20.1 Å². The van der Waals surface area contributed by atoms with Gasteiger partial charge in [-0.05, 0) is 56.2 Å². The minimum Gasteiger partial charge on any atom is -0.352 e. The molecule has 1 N–H and O–H groups in total.